The number of nitrogens with one attached hydrogen (secondary N) is 2. The van der Waals surface area contributed by atoms with Gasteiger partial charge in [-0.3, -0.25) is 24.1 Å². The van der Waals surface area contributed by atoms with E-state index in [1.54, 1.807) is 30.3 Å². The molecule has 0 aliphatic carbocycles. The molecule has 1 aliphatic heterocycles. The van der Waals surface area contributed by atoms with Crippen molar-refractivity contribution in [1.82, 2.24) is 15.5 Å². The molecule has 0 spiro atoms. The number of nitrogens with zero attached hydrogens (tertiary/aromatic N) is 1. The van der Waals surface area contributed by atoms with Crippen LogP contribution in [0.4, 0.5) is 9.18 Å². The van der Waals surface area contributed by atoms with Gasteiger partial charge in [0, 0.05) is 23.7 Å². The molecule has 0 radical (unpaired) electrons. The van der Waals surface area contributed by atoms with Crippen LogP contribution in [0.5, 0.6) is 0 Å². The normalized spacial score (nSPS) is 14.8. The second-order valence-electron chi connectivity index (χ2n) is 6.40. The number of thioether (sulfide) groups is 1. The molecule has 10 heteroatoms. The Labute approximate surface area is 186 Å². The number of halogens is 2. The quantitative estimate of drug-likeness (QED) is 0.618. The summed E-state index contributed by atoms with van der Waals surface area (Å²) >= 11 is 6.88. The third-order valence-electron chi connectivity index (χ3n) is 4.22. The summed E-state index contributed by atoms with van der Waals surface area (Å²) in [6.07, 6.45) is 1.55. The van der Waals surface area contributed by atoms with Gasteiger partial charge in [0.25, 0.3) is 17.1 Å². The van der Waals surface area contributed by atoms with Gasteiger partial charge in [-0.25, -0.2) is 4.39 Å². The monoisotopic (exact) mass is 461 g/mol. The molecule has 31 heavy (non-hydrogen) atoms. The molecule has 3 rings (SSSR count). The summed E-state index contributed by atoms with van der Waals surface area (Å²) in [7, 11) is 0. The standard InChI is InChI=1S/C21H17ClFN3O4S/c22-16-7-2-1-4-13(16)11-17-20(29)26(21(30)31-17)9-8-24-18(27)12-25-19(28)14-5-3-6-15(23)10-14/h1-7,10-11H,8-9,12H2,(H,24,27)(H,25,28). The van der Waals surface area contributed by atoms with E-state index in [-0.39, 0.29) is 30.1 Å². The van der Waals surface area contributed by atoms with Gasteiger partial charge in [-0.2, -0.15) is 0 Å². The maximum atomic E-state index is 13.1. The number of rotatable bonds is 7. The van der Waals surface area contributed by atoms with Crippen LogP contribution in [-0.2, 0) is 9.59 Å². The van der Waals surface area contributed by atoms with Crippen molar-refractivity contribution < 1.29 is 23.6 Å². The van der Waals surface area contributed by atoms with E-state index in [4.69, 9.17) is 11.6 Å². The zero-order chi connectivity index (χ0) is 22.4. The Kier molecular flexibility index (Phi) is 7.43. The number of hydrogen-bond acceptors (Lipinski definition) is 5. The molecular weight excluding hydrogens is 445 g/mol. The van der Waals surface area contributed by atoms with Crippen LogP contribution in [0.15, 0.2) is 53.4 Å². The topological polar surface area (TPSA) is 95.6 Å². The third kappa shape index (κ3) is 5.93. The molecule has 160 valence electrons. The van der Waals surface area contributed by atoms with Crippen LogP contribution in [0.25, 0.3) is 6.08 Å². The zero-order valence-corrected chi connectivity index (χ0v) is 17.6. The van der Waals surface area contributed by atoms with Gasteiger partial charge in [-0.05, 0) is 47.7 Å². The fourth-order valence-electron chi connectivity index (χ4n) is 2.69. The number of amides is 4. The summed E-state index contributed by atoms with van der Waals surface area (Å²) in [5, 5.41) is 4.90. The van der Waals surface area contributed by atoms with Crippen molar-refractivity contribution in [3.63, 3.8) is 0 Å². The summed E-state index contributed by atoms with van der Waals surface area (Å²) in [6.45, 7) is -0.330. The minimum atomic E-state index is -0.592. The summed E-state index contributed by atoms with van der Waals surface area (Å²) in [4.78, 5) is 49.7. The molecular formula is C21H17ClFN3O4S. The summed E-state index contributed by atoms with van der Waals surface area (Å²) < 4.78 is 13.1. The molecule has 1 saturated heterocycles. The lowest BCUT2D eigenvalue weighted by Crippen LogP contribution is -2.41. The van der Waals surface area contributed by atoms with Crippen molar-refractivity contribution in [2.24, 2.45) is 0 Å². The first-order valence-corrected chi connectivity index (χ1v) is 10.3. The Morgan fingerprint density at radius 3 is 2.61 bits per heavy atom. The number of carbonyl (C=O) groups excluding carboxylic acids is 4. The van der Waals surface area contributed by atoms with Crippen molar-refractivity contribution in [1.29, 1.82) is 0 Å². The van der Waals surface area contributed by atoms with E-state index < -0.39 is 28.8 Å². The first kappa shape index (κ1) is 22.5. The minimum Gasteiger partial charge on any atom is -0.353 e. The van der Waals surface area contributed by atoms with E-state index in [0.29, 0.717) is 10.6 Å². The number of imide groups is 1. The van der Waals surface area contributed by atoms with Crippen molar-refractivity contribution in [2.75, 3.05) is 19.6 Å². The fraction of sp³-hybridized carbons (Fsp3) is 0.143. The maximum absolute atomic E-state index is 13.1. The first-order chi connectivity index (χ1) is 14.8. The molecule has 0 aromatic heterocycles. The van der Waals surface area contributed by atoms with E-state index in [2.05, 4.69) is 10.6 Å². The highest BCUT2D eigenvalue weighted by Gasteiger charge is 2.34. The van der Waals surface area contributed by atoms with Crippen molar-refractivity contribution in [3.8, 4) is 0 Å². The molecule has 7 nitrogen and oxygen atoms in total. The second kappa shape index (κ2) is 10.2. The van der Waals surface area contributed by atoms with Crippen LogP contribution >= 0.6 is 23.4 Å². The number of hydrogen-bond donors (Lipinski definition) is 2. The van der Waals surface area contributed by atoms with Crippen LogP contribution in [0.2, 0.25) is 5.02 Å². The highest BCUT2D eigenvalue weighted by Crippen LogP contribution is 2.33. The molecule has 2 aromatic carbocycles. The second-order valence-corrected chi connectivity index (χ2v) is 7.80. The number of carbonyl (C=O) groups is 4. The van der Waals surface area contributed by atoms with Crippen LogP contribution in [0.3, 0.4) is 0 Å². The molecule has 4 amide bonds. The lowest BCUT2D eigenvalue weighted by molar-refractivity contribution is -0.124. The Hall–Kier alpha value is -3.17. The SMILES string of the molecule is O=C(CNC(=O)c1cccc(F)c1)NCCN1C(=O)SC(=Cc2ccccc2Cl)C1=O. The van der Waals surface area contributed by atoms with Gasteiger partial charge in [0.05, 0.1) is 11.4 Å². The lowest BCUT2D eigenvalue weighted by atomic mass is 10.2. The highest BCUT2D eigenvalue weighted by molar-refractivity contribution is 8.18. The van der Waals surface area contributed by atoms with E-state index in [0.717, 1.165) is 22.7 Å². The van der Waals surface area contributed by atoms with E-state index in [9.17, 15) is 23.6 Å². The largest absolute Gasteiger partial charge is 0.353 e. The maximum Gasteiger partial charge on any atom is 0.293 e. The lowest BCUT2D eigenvalue weighted by Gasteiger charge is -2.13. The van der Waals surface area contributed by atoms with E-state index >= 15 is 0 Å². The summed E-state index contributed by atoms with van der Waals surface area (Å²) in [6, 6.07) is 12.0. The van der Waals surface area contributed by atoms with Crippen molar-refractivity contribution in [3.05, 3.63) is 75.4 Å². The van der Waals surface area contributed by atoms with Gasteiger partial charge in [-0.1, -0.05) is 35.9 Å². The Bertz CT molecular complexity index is 1080. The Morgan fingerprint density at radius 2 is 1.87 bits per heavy atom. The van der Waals surface area contributed by atoms with Crippen molar-refractivity contribution in [2.45, 2.75) is 0 Å². The molecule has 2 aromatic rings. The van der Waals surface area contributed by atoms with Crippen LogP contribution in [0.1, 0.15) is 15.9 Å². The molecule has 1 aliphatic rings. The zero-order valence-electron chi connectivity index (χ0n) is 16.1. The molecule has 2 N–H and O–H groups in total. The molecule has 0 atom stereocenters. The van der Waals surface area contributed by atoms with E-state index in [1.165, 1.54) is 18.2 Å². The fourth-order valence-corrected chi connectivity index (χ4v) is 3.73. The molecule has 1 fully saturated rings. The van der Waals surface area contributed by atoms with Gasteiger partial charge in [0.2, 0.25) is 5.91 Å². The smallest absolute Gasteiger partial charge is 0.293 e. The third-order valence-corrected chi connectivity index (χ3v) is 5.47. The predicted octanol–water partition coefficient (Wildman–Crippen LogP) is 3.06. The first-order valence-electron chi connectivity index (χ1n) is 9.15. The number of benzene rings is 2. The van der Waals surface area contributed by atoms with Gasteiger partial charge >= 0.3 is 0 Å². The highest BCUT2D eigenvalue weighted by atomic mass is 35.5. The molecule has 0 unspecified atom stereocenters. The van der Waals surface area contributed by atoms with Crippen LogP contribution < -0.4 is 10.6 Å². The average molecular weight is 462 g/mol. The van der Waals surface area contributed by atoms with Gasteiger partial charge in [-0.15, -0.1) is 0 Å². The van der Waals surface area contributed by atoms with Crippen LogP contribution in [0, 0.1) is 5.82 Å². The summed E-state index contributed by atoms with van der Waals surface area (Å²) in [5.41, 5.74) is 0.716. The Balaban J connectivity index is 1.47. The molecule has 0 saturated carbocycles. The molecule has 1 heterocycles. The van der Waals surface area contributed by atoms with Crippen LogP contribution in [-0.4, -0.2) is 47.5 Å². The predicted molar refractivity (Wildman–Crippen MR) is 116 cm³/mol. The van der Waals surface area contributed by atoms with Gasteiger partial charge < -0.3 is 10.6 Å². The minimum absolute atomic E-state index is 0.0197. The Morgan fingerprint density at radius 1 is 1.10 bits per heavy atom. The average Bonchev–Trinajstić information content (AvgIpc) is 3.01. The summed E-state index contributed by atoms with van der Waals surface area (Å²) in [5.74, 6) is -2.13. The van der Waals surface area contributed by atoms with Gasteiger partial charge in [0.15, 0.2) is 0 Å². The van der Waals surface area contributed by atoms with Gasteiger partial charge in [0.1, 0.15) is 5.82 Å². The van der Waals surface area contributed by atoms with Crippen molar-refractivity contribution >= 4 is 52.4 Å². The van der Waals surface area contributed by atoms with E-state index in [1.807, 2.05) is 0 Å². The molecule has 0 bridgehead atoms.